The van der Waals surface area contributed by atoms with Gasteiger partial charge in [-0.25, -0.2) is 4.98 Å². The monoisotopic (exact) mass is 574 g/mol. The van der Waals surface area contributed by atoms with E-state index in [9.17, 15) is 2.74 Å². The van der Waals surface area contributed by atoms with E-state index in [1.165, 1.54) is 4.57 Å². The van der Waals surface area contributed by atoms with Crippen molar-refractivity contribution < 1.29 is 18.1 Å². The minimum absolute atomic E-state index is 0.00959. The molecule has 3 heterocycles. The smallest absolute Gasteiger partial charge is 0.238 e. The van der Waals surface area contributed by atoms with E-state index < -0.39 is 60.4 Å². The van der Waals surface area contributed by atoms with E-state index in [0.717, 1.165) is 11.1 Å². The van der Waals surface area contributed by atoms with Crippen molar-refractivity contribution in [3.05, 3.63) is 145 Å². The number of fused-ring (bicyclic) bond motifs is 7. The summed E-state index contributed by atoms with van der Waals surface area (Å²) in [5, 5.41) is -0.237. The second-order valence-electron chi connectivity index (χ2n) is 10.1. The Bertz CT molecular complexity index is 3060. The molecule has 0 N–H and O–H groups in total. The number of nitrogens with zero attached hydrogens (tertiary/aromatic N) is 4. The fraction of sp³-hybridized carbons (Fsp3) is 0. The molecular formula is C39H24N4O. The Morgan fingerprint density at radius 3 is 2.00 bits per heavy atom. The Kier molecular flexibility index (Phi) is 3.66. The van der Waals surface area contributed by atoms with Crippen molar-refractivity contribution in [2.75, 3.05) is 0 Å². The molecule has 0 aliphatic heterocycles. The van der Waals surface area contributed by atoms with Crippen molar-refractivity contribution in [3.8, 4) is 39.9 Å². The van der Waals surface area contributed by atoms with Crippen LogP contribution in [0.25, 0.3) is 83.6 Å². The molecule has 0 aliphatic rings. The van der Waals surface area contributed by atoms with Crippen LogP contribution in [0.4, 0.5) is 0 Å². The second kappa shape index (κ2) is 9.75. The Labute approximate surface area is 266 Å². The minimum atomic E-state index is -0.555. The summed E-state index contributed by atoms with van der Waals surface area (Å²) in [6.45, 7) is 0. The molecule has 0 fully saturated rings. The number of benzene rings is 6. The van der Waals surface area contributed by atoms with Gasteiger partial charge in [-0.3, -0.25) is 4.57 Å². The summed E-state index contributed by atoms with van der Waals surface area (Å²) in [7, 11) is 0. The maximum absolute atomic E-state index is 9.40. The summed E-state index contributed by atoms with van der Waals surface area (Å²) in [4.78, 5) is 14.5. The zero-order chi connectivity index (χ0) is 37.7. The Morgan fingerprint density at radius 2 is 1.18 bits per heavy atom. The molecule has 0 saturated carbocycles. The topological polar surface area (TPSA) is 56.7 Å². The highest BCUT2D eigenvalue weighted by atomic mass is 16.3. The van der Waals surface area contributed by atoms with Gasteiger partial charge in [0.2, 0.25) is 5.95 Å². The van der Waals surface area contributed by atoms with Crippen molar-refractivity contribution in [1.29, 1.82) is 0 Å². The molecule has 9 rings (SSSR count). The molecule has 5 nitrogen and oxygen atoms in total. The minimum Gasteiger partial charge on any atom is -0.455 e. The molecule has 0 atom stereocenters. The molecule has 0 radical (unpaired) electrons. The van der Waals surface area contributed by atoms with Gasteiger partial charge in [0.1, 0.15) is 11.2 Å². The Morgan fingerprint density at radius 1 is 0.523 bits per heavy atom. The molecule has 44 heavy (non-hydrogen) atoms. The number of aromatic nitrogens is 4. The first-order chi connectivity index (χ1) is 26.0. The molecule has 0 amide bonds. The summed E-state index contributed by atoms with van der Waals surface area (Å²) >= 11 is 0. The van der Waals surface area contributed by atoms with Gasteiger partial charge in [-0.2, -0.15) is 9.97 Å². The highest BCUT2D eigenvalue weighted by Gasteiger charge is 2.21. The average molecular weight is 575 g/mol. The van der Waals surface area contributed by atoms with Gasteiger partial charge in [-0.1, -0.05) is 115 Å². The number of furan rings is 1. The van der Waals surface area contributed by atoms with Crippen molar-refractivity contribution in [3.63, 3.8) is 0 Å². The van der Waals surface area contributed by atoms with Gasteiger partial charge in [-0.15, -0.1) is 0 Å². The first-order valence-electron chi connectivity index (χ1n) is 18.8. The molecule has 0 spiro atoms. The van der Waals surface area contributed by atoms with E-state index in [2.05, 4.69) is 0 Å². The second-order valence-corrected chi connectivity index (χ2v) is 10.1. The number of hydrogen-bond donors (Lipinski definition) is 0. The molecule has 0 bridgehead atoms. The third-order valence-electron chi connectivity index (χ3n) is 7.55. The first kappa shape index (κ1) is 16.5. The maximum Gasteiger partial charge on any atom is 0.238 e. The largest absolute Gasteiger partial charge is 0.455 e. The van der Waals surface area contributed by atoms with Crippen molar-refractivity contribution in [2.24, 2.45) is 0 Å². The van der Waals surface area contributed by atoms with Crippen molar-refractivity contribution in [1.82, 2.24) is 19.5 Å². The first-order valence-corrected chi connectivity index (χ1v) is 13.8. The van der Waals surface area contributed by atoms with Crippen LogP contribution in [0, 0.1) is 0 Å². The van der Waals surface area contributed by atoms with E-state index >= 15 is 0 Å². The third-order valence-corrected chi connectivity index (χ3v) is 7.55. The lowest BCUT2D eigenvalue weighted by molar-refractivity contribution is 0.673. The lowest BCUT2D eigenvalue weighted by Gasteiger charge is -2.11. The van der Waals surface area contributed by atoms with Gasteiger partial charge in [0.05, 0.1) is 30.1 Å². The van der Waals surface area contributed by atoms with Gasteiger partial charge in [0.25, 0.3) is 0 Å². The summed E-state index contributed by atoms with van der Waals surface area (Å²) in [5.41, 5.74) is 2.57. The Hall–Kier alpha value is -6.07. The van der Waals surface area contributed by atoms with Crippen LogP contribution in [-0.4, -0.2) is 19.5 Å². The zero-order valence-corrected chi connectivity index (χ0v) is 22.8. The number of hydrogen-bond acceptors (Lipinski definition) is 4. The predicted octanol–water partition coefficient (Wildman–Crippen LogP) is 9.87. The molecule has 0 saturated heterocycles. The third kappa shape index (κ3) is 3.83. The molecule has 206 valence electrons. The number of rotatable bonds is 4. The van der Waals surface area contributed by atoms with Crippen LogP contribution >= 0.6 is 0 Å². The van der Waals surface area contributed by atoms with Crippen LogP contribution < -0.4 is 0 Å². The van der Waals surface area contributed by atoms with E-state index in [4.69, 9.17) is 30.3 Å². The van der Waals surface area contributed by atoms with E-state index in [0.29, 0.717) is 11.1 Å². The van der Waals surface area contributed by atoms with Gasteiger partial charge < -0.3 is 4.42 Å². The molecular weight excluding hydrogens is 540 g/mol. The molecule has 0 unspecified atom stereocenters. The summed E-state index contributed by atoms with van der Waals surface area (Å²) in [6, 6.07) is 21.5. The van der Waals surface area contributed by atoms with Gasteiger partial charge >= 0.3 is 0 Å². The summed E-state index contributed by atoms with van der Waals surface area (Å²) in [6.07, 6.45) is 0. The molecule has 5 heteroatoms. The van der Waals surface area contributed by atoms with Gasteiger partial charge in [0.15, 0.2) is 11.6 Å². The molecule has 9 aromatic rings. The van der Waals surface area contributed by atoms with Gasteiger partial charge in [0, 0.05) is 27.3 Å². The van der Waals surface area contributed by atoms with Crippen LogP contribution in [-0.2, 0) is 0 Å². The van der Waals surface area contributed by atoms with Crippen molar-refractivity contribution >= 4 is 43.7 Å². The quantitative estimate of drug-likeness (QED) is 0.210. The highest BCUT2D eigenvalue weighted by molar-refractivity contribution is 6.23. The van der Waals surface area contributed by atoms with Crippen LogP contribution in [0.5, 0.6) is 0 Å². The van der Waals surface area contributed by atoms with Crippen LogP contribution in [0.15, 0.2) is 150 Å². The maximum atomic E-state index is 9.40. The Balaban J connectivity index is 1.46. The van der Waals surface area contributed by atoms with Crippen molar-refractivity contribution in [2.45, 2.75) is 0 Å². The predicted molar refractivity (Wildman–Crippen MR) is 178 cm³/mol. The lowest BCUT2D eigenvalue weighted by atomic mass is 10.0. The molecule has 3 aromatic heterocycles. The summed E-state index contributed by atoms with van der Waals surface area (Å²) in [5.74, 6) is 0.378. The highest BCUT2D eigenvalue weighted by Crippen LogP contribution is 2.40. The fourth-order valence-corrected chi connectivity index (χ4v) is 5.55. The fourth-order valence-electron chi connectivity index (χ4n) is 5.55. The van der Waals surface area contributed by atoms with E-state index in [1.54, 1.807) is 0 Å². The standard InChI is InChI=1S/C39H24N4O/c1-3-12-25(13-4-1)27-16-11-17-28(24-27)38-40-37(26-14-5-2-6-15-26)41-39(42-38)43-32-20-9-7-19-31(32)35-33(43)23-22-30-29-18-8-10-21-34(29)44-36(30)35/h1-24H/i7D,8D,9D,10D,18D,19D,20D,21D,22D,23D. The molecule has 6 aromatic carbocycles. The normalized spacial score (nSPS) is 14.8. The van der Waals surface area contributed by atoms with Gasteiger partial charge in [-0.05, 0) is 41.4 Å². The van der Waals surface area contributed by atoms with Crippen LogP contribution in [0.3, 0.4) is 0 Å². The SMILES string of the molecule is [2H]c1c([2H])c([2H])c2c(oc3c2c([2H])c([2H])c2c3c3c([2H])c([2H])c([2H])c([2H])c3n2-c2nc(-c3ccccc3)nc(-c3cccc(-c4ccccc4)c3)n2)c1[2H]. The lowest BCUT2D eigenvalue weighted by Crippen LogP contribution is -2.06. The average Bonchev–Trinajstić information content (AvgIpc) is 3.78. The zero-order valence-electron chi connectivity index (χ0n) is 32.8. The number of para-hydroxylation sites is 2. The van der Waals surface area contributed by atoms with E-state index in [1.807, 2.05) is 84.9 Å². The molecule has 0 aliphatic carbocycles. The summed E-state index contributed by atoms with van der Waals surface area (Å²) < 4.78 is 95.4. The van der Waals surface area contributed by atoms with Crippen LogP contribution in [0.1, 0.15) is 13.7 Å². The van der Waals surface area contributed by atoms with Crippen LogP contribution in [0.2, 0.25) is 0 Å². The van der Waals surface area contributed by atoms with E-state index in [-0.39, 0.29) is 61.3 Å².